The lowest BCUT2D eigenvalue weighted by atomic mass is 10.1. The van der Waals surface area contributed by atoms with Crippen LogP contribution in [0.3, 0.4) is 0 Å². The Morgan fingerprint density at radius 2 is 2.05 bits per heavy atom. The summed E-state index contributed by atoms with van der Waals surface area (Å²) in [7, 11) is 1.71. The number of pyridine rings is 1. The van der Waals surface area contributed by atoms with Crippen LogP contribution in [0, 0.1) is 0 Å². The van der Waals surface area contributed by atoms with E-state index in [1.807, 2.05) is 12.1 Å². The molecule has 0 amide bonds. The highest BCUT2D eigenvalue weighted by atomic mass is 35.5. The fourth-order valence-corrected chi connectivity index (χ4v) is 1.93. The minimum atomic E-state index is 0.0432. The van der Waals surface area contributed by atoms with Crippen LogP contribution in [0.15, 0.2) is 12.1 Å². The van der Waals surface area contributed by atoms with Crippen LogP contribution in [0.4, 0.5) is 5.82 Å². The van der Waals surface area contributed by atoms with Crippen LogP contribution in [-0.2, 0) is 11.3 Å². The molecule has 0 saturated heterocycles. The van der Waals surface area contributed by atoms with Gasteiger partial charge in [-0.15, -0.1) is 0 Å². The normalized spacial score (nSPS) is 11.7. The number of nitrogens with zero attached hydrogens (tertiary/aromatic N) is 2. The van der Waals surface area contributed by atoms with Crippen molar-refractivity contribution in [2.45, 2.75) is 39.8 Å². The van der Waals surface area contributed by atoms with Crippen molar-refractivity contribution in [3.05, 3.63) is 22.8 Å². The van der Waals surface area contributed by atoms with E-state index in [1.54, 1.807) is 7.11 Å². The monoisotopic (exact) mass is 299 g/mol. The fraction of sp³-hybridized carbons (Fsp3) is 0.667. The van der Waals surface area contributed by atoms with Crippen LogP contribution in [0.1, 0.15) is 33.4 Å². The molecule has 1 aromatic heterocycles. The minimum absolute atomic E-state index is 0.0432. The predicted molar refractivity (Wildman–Crippen MR) is 85.6 cm³/mol. The molecule has 0 aromatic carbocycles. The summed E-state index contributed by atoms with van der Waals surface area (Å²) in [4.78, 5) is 6.86. The lowest BCUT2D eigenvalue weighted by Gasteiger charge is -2.24. The number of likely N-dealkylation sites (N-methyl/N-ethyl adjacent to an activating group) is 1. The highest BCUT2D eigenvalue weighted by Crippen LogP contribution is 2.20. The van der Waals surface area contributed by atoms with Crippen LogP contribution < -0.4 is 10.2 Å². The Balaban J connectivity index is 2.83. The van der Waals surface area contributed by atoms with Gasteiger partial charge < -0.3 is 15.0 Å². The van der Waals surface area contributed by atoms with Crippen molar-refractivity contribution in [3.8, 4) is 0 Å². The van der Waals surface area contributed by atoms with Gasteiger partial charge in [0.25, 0.3) is 0 Å². The van der Waals surface area contributed by atoms with Crippen molar-refractivity contribution in [3.63, 3.8) is 0 Å². The number of hydrogen-bond donors (Lipinski definition) is 1. The maximum absolute atomic E-state index is 6.23. The van der Waals surface area contributed by atoms with E-state index in [0.717, 1.165) is 24.6 Å². The Morgan fingerprint density at radius 3 is 2.60 bits per heavy atom. The van der Waals surface area contributed by atoms with Crippen molar-refractivity contribution in [2.24, 2.45) is 0 Å². The van der Waals surface area contributed by atoms with E-state index < -0.39 is 0 Å². The van der Waals surface area contributed by atoms with E-state index in [9.17, 15) is 0 Å². The molecule has 1 rings (SSSR count). The van der Waals surface area contributed by atoms with Crippen LogP contribution in [-0.4, -0.2) is 37.3 Å². The molecule has 0 aliphatic rings. The first kappa shape index (κ1) is 17.2. The summed E-state index contributed by atoms with van der Waals surface area (Å²) >= 11 is 6.23. The van der Waals surface area contributed by atoms with Crippen molar-refractivity contribution in [2.75, 3.05) is 31.7 Å². The summed E-state index contributed by atoms with van der Waals surface area (Å²) in [5.41, 5.74) is 0.927. The second kappa shape index (κ2) is 7.81. The summed E-state index contributed by atoms with van der Waals surface area (Å²) in [5.74, 6) is 0.944. The fourth-order valence-electron chi connectivity index (χ4n) is 1.76. The van der Waals surface area contributed by atoms with Gasteiger partial charge >= 0.3 is 0 Å². The molecule has 0 atom stereocenters. The van der Waals surface area contributed by atoms with E-state index in [-0.39, 0.29) is 5.54 Å². The van der Waals surface area contributed by atoms with Gasteiger partial charge in [0, 0.05) is 32.3 Å². The lowest BCUT2D eigenvalue weighted by molar-refractivity contribution is 0.205. The molecule has 4 nitrogen and oxygen atoms in total. The number of anilines is 1. The van der Waals surface area contributed by atoms with E-state index in [1.165, 1.54) is 0 Å². The van der Waals surface area contributed by atoms with Gasteiger partial charge in [0.15, 0.2) is 0 Å². The van der Waals surface area contributed by atoms with Crippen molar-refractivity contribution < 1.29 is 4.74 Å². The summed E-state index contributed by atoms with van der Waals surface area (Å²) in [6.07, 6.45) is 0. The molecule has 0 spiro atoms. The maximum Gasteiger partial charge on any atom is 0.129 e. The second-order valence-electron chi connectivity index (χ2n) is 5.77. The molecule has 0 fully saturated rings. The van der Waals surface area contributed by atoms with Crippen LogP contribution in [0.2, 0.25) is 5.02 Å². The molecule has 5 heteroatoms. The number of aromatic nitrogens is 1. The van der Waals surface area contributed by atoms with Gasteiger partial charge in [-0.1, -0.05) is 11.6 Å². The lowest BCUT2D eigenvalue weighted by Crippen LogP contribution is -2.35. The summed E-state index contributed by atoms with van der Waals surface area (Å²) in [6, 6.07) is 3.88. The highest BCUT2D eigenvalue weighted by molar-refractivity contribution is 6.31. The molecule has 20 heavy (non-hydrogen) atoms. The Bertz CT molecular complexity index is 418. The number of rotatable bonds is 7. The molecule has 0 aliphatic heterocycles. The van der Waals surface area contributed by atoms with Gasteiger partial charge in [-0.3, -0.25) is 0 Å². The third-order valence-corrected chi connectivity index (χ3v) is 3.31. The first-order valence-corrected chi connectivity index (χ1v) is 7.39. The van der Waals surface area contributed by atoms with Gasteiger partial charge in [-0.25, -0.2) is 4.98 Å². The quantitative estimate of drug-likeness (QED) is 0.839. The molecular formula is C15H26ClN3O. The number of hydrogen-bond acceptors (Lipinski definition) is 4. The van der Waals surface area contributed by atoms with Crippen molar-refractivity contribution in [1.82, 2.24) is 10.3 Å². The van der Waals surface area contributed by atoms with Gasteiger partial charge in [0.1, 0.15) is 5.82 Å². The van der Waals surface area contributed by atoms with Gasteiger partial charge in [-0.05, 0) is 39.8 Å². The molecule has 0 aliphatic carbocycles. The Labute approximate surface area is 127 Å². The molecule has 0 saturated carbocycles. The van der Waals surface area contributed by atoms with Crippen molar-refractivity contribution in [1.29, 1.82) is 0 Å². The summed E-state index contributed by atoms with van der Waals surface area (Å²) in [5, 5.41) is 4.12. The first-order valence-electron chi connectivity index (χ1n) is 7.01. The summed E-state index contributed by atoms with van der Waals surface area (Å²) in [6.45, 7) is 11.6. The second-order valence-corrected chi connectivity index (χ2v) is 6.18. The zero-order valence-electron chi connectivity index (χ0n) is 13.2. The van der Waals surface area contributed by atoms with E-state index in [2.05, 4.69) is 42.9 Å². The van der Waals surface area contributed by atoms with Gasteiger partial charge in [0.2, 0.25) is 0 Å². The van der Waals surface area contributed by atoms with Crippen molar-refractivity contribution >= 4 is 17.4 Å². The largest absolute Gasteiger partial charge is 0.383 e. The maximum atomic E-state index is 6.23. The SMILES string of the molecule is CCN(CCOC)c1ccc(Cl)c(CNC(C)(C)C)n1. The van der Waals surface area contributed by atoms with Gasteiger partial charge in [0.05, 0.1) is 17.3 Å². The zero-order valence-corrected chi connectivity index (χ0v) is 13.9. The molecule has 1 aromatic rings. The van der Waals surface area contributed by atoms with Crippen LogP contribution in [0.25, 0.3) is 0 Å². The Morgan fingerprint density at radius 1 is 1.35 bits per heavy atom. The average Bonchev–Trinajstić information content (AvgIpc) is 2.38. The van der Waals surface area contributed by atoms with E-state index in [4.69, 9.17) is 16.3 Å². The van der Waals surface area contributed by atoms with E-state index in [0.29, 0.717) is 18.2 Å². The molecule has 0 unspecified atom stereocenters. The summed E-state index contributed by atoms with van der Waals surface area (Å²) < 4.78 is 5.13. The van der Waals surface area contributed by atoms with E-state index >= 15 is 0 Å². The molecule has 1 heterocycles. The smallest absolute Gasteiger partial charge is 0.129 e. The Hall–Kier alpha value is -0.840. The van der Waals surface area contributed by atoms with Crippen LogP contribution >= 0.6 is 11.6 Å². The standard InChI is InChI=1S/C15H26ClN3O/c1-6-19(9-10-20-5)14-8-7-12(16)13(18-14)11-17-15(2,3)4/h7-8,17H,6,9-11H2,1-5H3. The van der Waals surface area contributed by atoms with Gasteiger partial charge in [-0.2, -0.15) is 0 Å². The minimum Gasteiger partial charge on any atom is -0.383 e. The third-order valence-electron chi connectivity index (χ3n) is 2.96. The Kier molecular flexibility index (Phi) is 6.72. The highest BCUT2D eigenvalue weighted by Gasteiger charge is 2.13. The third kappa shape index (κ3) is 5.65. The number of methoxy groups -OCH3 is 1. The molecule has 0 radical (unpaired) electrons. The molecule has 0 bridgehead atoms. The average molecular weight is 300 g/mol. The number of halogens is 1. The predicted octanol–water partition coefficient (Wildman–Crippen LogP) is 3.10. The van der Waals surface area contributed by atoms with Crippen LogP contribution in [0.5, 0.6) is 0 Å². The number of nitrogens with one attached hydrogen (secondary N) is 1. The first-order chi connectivity index (χ1) is 9.37. The topological polar surface area (TPSA) is 37.4 Å². The number of ether oxygens (including phenoxy) is 1. The zero-order chi connectivity index (χ0) is 15.2. The molecular weight excluding hydrogens is 274 g/mol. The molecule has 114 valence electrons. The molecule has 1 N–H and O–H groups in total.